The van der Waals surface area contributed by atoms with Crippen LogP contribution in [0, 0.1) is 0 Å². The summed E-state index contributed by atoms with van der Waals surface area (Å²) in [6.07, 6.45) is 1.03. The summed E-state index contributed by atoms with van der Waals surface area (Å²) < 4.78 is 5.56. The number of hydrogen-bond acceptors (Lipinski definition) is 4. The van der Waals surface area contributed by atoms with Gasteiger partial charge < -0.3 is 15.2 Å². The van der Waals surface area contributed by atoms with E-state index in [1.54, 1.807) is 42.6 Å². The first-order valence-corrected chi connectivity index (χ1v) is 9.19. The van der Waals surface area contributed by atoms with Crippen LogP contribution >= 0.6 is 11.6 Å². The third-order valence-corrected chi connectivity index (χ3v) is 4.58. The van der Waals surface area contributed by atoms with Crippen LogP contribution in [0.4, 0.5) is 4.79 Å². The van der Waals surface area contributed by atoms with E-state index >= 15 is 0 Å². The molecular formula is C21H19ClN2O4. The summed E-state index contributed by atoms with van der Waals surface area (Å²) in [5.41, 5.74) is 1.75. The summed E-state index contributed by atoms with van der Waals surface area (Å²) in [5.74, 6) is 0.293. The molecule has 0 radical (unpaired) electrons. The third-order valence-electron chi connectivity index (χ3n) is 4.26. The Kier molecular flexibility index (Phi) is 6.11. The average Bonchev–Trinajstić information content (AvgIpc) is 2.67. The molecule has 144 valence electrons. The first kappa shape index (κ1) is 19.6. The van der Waals surface area contributed by atoms with E-state index < -0.39 is 6.09 Å². The Labute approximate surface area is 167 Å². The normalized spacial score (nSPS) is 10.6. The van der Waals surface area contributed by atoms with Gasteiger partial charge in [-0.05, 0) is 48.6 Å². The number of aromatic nitrogens is 1. The molecule has 2 aromatic carbocycles. The molecule has 0 aliphatic rings. The van der Waals surface area contributed by atoms with Crippen molar-refractivity contribution in [2.75, 3.05) is 13.2 Å². The van der Waals surface area contributed by atoms with Gasteiger partial charge in [0.05, 0.1) is 11.6 Å². The van der Waals surface area contributed by atoms with Crippen LogP contribution < -0.4 is 10.1 Å². The van der Waals surface area contributed by atoms with Crippen molar-refractivity contribution in [3.63, 3.8) is 0 Å². The lowest BCUT2D eigenvalue weighted by Crippen LogP contribution is -2.23. The van der Waals surface area contributed by atoms with Crippen LogP contribution in [0.25, 0.3) is 10.8 Å². The van der Waals surface area contributed by atoms with Crippen molar-refractivity contribution < 1.29 is 19.4 Å². The molecule has 0 aliphatic carbocycles. The van der Waals surface area contributed by atoms with Gasteiger partial charge in [-0.3, -0.25) is 4.79 Å². The van der Waals surface area contributed by atoms with Crippen molar-refractivity contribution in [1.82, 2.24) is 10.3 Å². The number of nitrogens with zero attached hydrogens (tertiary/aromatic N) is 1. The lowest BCUT2D eigenvalue weighted by molar-refractivity contribution is 0.104. The van der Waals surface area contributed by atoms with Gasteiger partial charge in [-0.15, -0.1) is 0 Å². The molecule has 1 aromatic heterocycles. The summed E-state index contributed by atoms with van der Waals surface area (Å²) >= 11 is 6.35. The zero-order valence-corrected chi connectivity index (χ0v) is 16.0. The van der Waals surface area contributed by atoms with Gasteiger partial charge in [-0.25, -0.2) is 9.78 Å². The lowest BCUT2D eigenvalue weighted by atomic mass is 9.97. The molecule has 3 aromatic rings. The van der Waals surface area contributed by atoms with Crippen LogP contribution in [-0.4, -0.2) is 35.1 Å². The van der Waals surface area contributed by atoms with Crippen molar-refractivity contribution in [2.24, 2.45) is 0 Å². The summed E-state index contributed by atoms with van der Waals surface area (Å²) in [6, 6.07) is 12.3. The summed E-state index contributed by atoms with van der Waals surface area (Å²) in [4.78, 5) is 27.9. The van der Waals surface area contributed by atoms with Crippen molar-refractivity contribution in [3.05, 3.63) is 70.4 Å². The molecule has 7 heteroatoms. The number of halogens is 1. The minimum Gasteiger partial charge on any atom is -0.478 e. The number of carboxylic acid groups (broad SMARTS) is 1. The molecule has 1 amide bonds. The molecule has 28 heavy (non-hydrogen) atoms. The highest BCUT2D eigenvalue weighted by Crippen LogP contribution is 2.29. The number of pyridine rings is 1. The maximum absolute atomic E-state index is 13.1. The number of ketones is 1. The molecule has 0 bridgehead atoms. The second-order valence-corrected chi connectivity index (χ2v) is 6.48. The Balaban J connectivity index is 1.92. The van der Waals surface area contributed by atoms with Crippen LogP contribution in [0.15, 0.2) is 48.7 Å². The predicted octanol–water partition coefficient (Wildman–Crippen LogP) is 4.33. The molecule has 0 saturated heterocycles. The fraction of sp³-hybridized carbons (Fsp3) is 0.190. The van der Waals surface area contributed by atoms with Gasteiger partial charge in [0.2, 0.25) is 5.88 Å². The highest BCUT2D eigenvalue weighted by Gasteiger charge is 2.17. The molecule has 0 unspecified atom stereocenters. The first-order chi connectivity index (χ1) is 13.5. The maximum Gasteiger partial charge on any atom is 0.404 e. The van der Waals surface area contributed by atoms with E-state index in [4.69, 9.17) is 21.4 Å². The van der Waals surface area contributed by atoms with Gasteiger partial charge in [0.15, 0.2) is 5.78 Å². The van der Waals surface area contributed by atoms with Gasteiger partial charge in [-0.1, -0.05) is 29.8 Å². The van der Waals surface area contributed by atoms with E-state index in [-0.39, 0.29) is 12.3 Å². The number of rotatable bonds is 7. The molecule has 0 fully saturated rings. The zero-order valence-electron chi connectivity index (χ0n) is 15.2. The smallest absolute Gasteiger partial charge is 0.404 e. The molecule has 6 nitrogen and oxygen atoms in total. The standard InChI is InChI=1S/C21H19ClN2O4/c1-2-28-20-16-5-3-4-15(14(16)9-11-23-20)19(25)17-7-6-13(12-18(17)22)8-10-24-21(26)27/h3-7,9,11-12,24H,2,8,10H2,1H3,(H,26,27). The van der Waals surface area contributed by atoms with E-state index in [1.807, 2.05) is 13.0 Å². The Morgan fingerprint density at radius 1 is 1.14 bits per heavy atom. The number of fused-ring (bicyclic) bond motifs is 1. The van der Waals surface area contributed by atoms with Crippen LogP contribution in [0.1, 0.15) is 28.4 Å². The van der Waals surface area contributed by atoms with E-state index in [0.29, 0.717) is 35.1 Å². The minimum absolute atomic E-state index is 0.195. The Hall–Kier alpha value is -3.12. The van der Waals surface area contributed by atoms with Gasteiger partial charge in [0.1, 0.15) is 0 Å². The van der Waals surface area contributed by atoms with Crippen LogP contribution in [0.2, 0.25) is 5.02 Å². The molecule has 0 spiro atoms. The molecule has 0 saturated carbocycles. The molecular weight excluding hydrogens is 380 g/mol. The van der Waals surface area contributed by atoms with Crippen LogP contribution in [0.3, 0.4) is 0 Å². The second kappa shape index (κ2) is 8.71. The van der Waals surface area contributed by atoms with Gasteiger partial charge in [0.25, 0.3) is 0 Å². The summed E-state index contributed by atoms with van der Waals surface area (Å²) in [6.45, 7) is 2.63. The Morgan fingerprint density at radius 3 is 2.68 bits per heavy atom. The summed E-state index contributed by atoms with van der Waals surface area (Å²) in [5, 5.41) is 12.8. The number of ether oxygens (including phenoxy) is 1. The van der Waals surface area contributed by atoms with Gasteiger partial charge in [0, 0.05) is 29.3 Å². The quantitative estimate of drug-likeness (QED) is 0.578. The number of benzene rings is 2. The first-order valence-electron chi connectivity index (χ1n) is 8.81. The number of amides is 1. The average molecular weight is 399 g/mol. The molecule has 0 aliphatic heterocycles. The van der Waals surface area contributed by atoms with Crippen molar-refractivity contribution in [3.8, 4) is 5.88 Å². The Bertz CT molecular complexity index is 1040. The Morgan fingerprint density at radius 2 is 1.96 bits per heavy atom. The van der Waals surface area contributed by atoms with Crippen molar-refractivity contribution in [1.29, 1.82) is 0 Å². The predicted molar refractivity (Wildman–Crippen MR) is 108 cm³/mol. The summed E-state index contributed by atoms with van der Waals surface area (Å²) in [7, 11) is 0. The van der Waals surface area contributed by atoms with E-state index in [1.165, 1.54) is 0 Å². The SMILES string of the molecule is CCOc1nccc2c(C(=O)c3ccc(CCNC(=O)O)cc3Cl)cccc12. The fourth-order valence-corrected chi connectivity index (χ4v) is 3.28. The highest BCUT2D eigenvalue weighted by atomic mass is 35.5. The fourth-order valence-electron chi connectivity index (χ4n) is 2.99. The van der Waals surface area contributed by atoms with E-state index in [0.717, 1.165) is 16.3 Å². The molecule has 2 N–H and O–H groups in total. The number of nitrogens with one attached hydrogen (secondary N) is 1. The van der Waals surface area contributed by atoms with Crippen LogP contribution in [0.5, 0.6) is 5.88 Å². The minimum atomic E-state index is -1.07. The van der Waals surface area contributed by atoms with E-state index in [9.17, 15) is 9.59 Å². The van der Waals surface area contributed by atoms with Crippen molar-refractivity contribution >= 4 is 34.2 Å². The lowest BCUT2D eigenvalue weighted by Gasteiger charge is -2.11. The molecule has 1 heterocycles. The number of hydrogen-bond donors (Lipinski definition) is 2. The largest absolute Gasteiger partial charge is 0.478 e. The van der Waals surface area contributed by atoms with Crippen molar-refractivity contribution in [2.45, 2.75) is 13.3 Å². The zero-order chi connectivity index (χ0) is 20.1. The van der Waals surface area contributed by atoms with Gasteiger partial charge in [-0.2, -0.15) is 0 Å². The second-order valence-electron chi connectivity index (χ2n) is 6.08. The highest BCUT2D eigenvalue weighted by molar-refractivity contribution is 6.35. The van der Waals surface area contributed by atoms with E-state index in [2.05, 4.69) is 10.3 Å². The third kappa shape index (κ3) is 4.23. The molecule has 0 atom stereocenters. The maximum atomic E-state index is 13.1. The topological polar surface area (TPSA) is 88.5 Å². The molecule has 3 rings (SSSR count). The number of carbonyl (C=O) groups excluding carboxylic acids is 1. The monoisotopic (exact) mass is 398 g/mol. The van der Waals surface area contributed by atoms with Crippen LogP contribution in [-0.2, 0) is 6.42 Å². The number of carbonyl (C=O) groups is 2. The van der Waals surface area contributed by atoms with Gasteiger partial charge >= 0.3 is 6.09 Å².